The molecular weight excluding hydrogens is 422 g/mol. The summed E-state index contributed by atoms with van der Waals surface area (Å²) in [6, 6.07) is 14.1. The Morgan fingerprint density at radius 1 is 1.00 bits per heavy atom. The number of esters is 1. The van der Waals surface area contributed by atoms with Crippen LogP contribution in [0.15, 0.2) is 57.7 Å². The van der Waals surface area contributed by atoms with Gasteiger partial charge in [0, 0.05) is 24.4 Å². The molecule has 0 spiro atoms. The molecule has 1 heterocycles. The maximum atomic E-state index is 12.2. The second-order valence-corrected chi connectivity index (χ2v) is 8.71. The van der Waals surface area contributed by atoms with Gasteiger partial charge >= 0.3 is 11.6 Å². The van der Waals surface area contributed by atoms with Crippen LogP contribution in [0.2, 0.25) is 0 Å². The van der Waals surface area contributed by atoms with E-state index >= 15 is 0 Å². The van der Waals surface area contributed by atoms with Crippen LogP contribution in [0.3, 0.4) is 0 Å². The number of rotatable bonds is 8. The Morgan fingerprint density at radius 3 is 2.36 bits per heavy atom. The van der Waals surface area contributed by atoms with Crippen molar-refractivity contribution < 1.29 is 23.5 Å². The minimum atomic E-state index is -0.746. The number of benzene rings is 2. The third-order valence-electron chi connectivity index (χ3n) is 5.04. The van der Waals surface area contributed by atoms with Gasteiger partial charge in [0.05, 0.1) is 6.61 Å². The van der Waals surface area contributed by atoms with E-state index in [0.29, 0.717) is 25.0 Å². The first-order chi connectivity index (χ1) is 15.7. The number of ether oxygens (including phenoxy) is 2. The van der Waals surface area contributed by atoms with Crippen LogP contribution in [0.5, 0.6) is 11.5 Å². The predicted octanol–water partition coefficient (Wildman–Crippen LogP) is 4.60. The standard InChI is InChI=1S/C26H29NO6/c1-5-27-24(29)21-15-17-8-11-20(16-22(17)33-25(21)30)32-23(28)7-6-14-31-19-12-9-18(10-13-19)26(2,3)4/h8-13,15-16H,5-7,14H2,1-4H3,(H,27,29). The van der Waals surface area contributed by atoms with Gasteiger partial charge in [0.25, 0.3) is 5.91 Å². The molecule has 3 rings (SSSR count). The van der Waals surface area contributed by atoms with Crippen molar-refractivity contribution in [3.63, 3.8) is 0 Å². The van der Waals surface area contributed by atoms with Crippen molar-refractivity contribution in [2.24, 2.45) is 0 Å². The second kappa shape index (κ2) is 10.3. The first kappa shape index (κ1) is 24.0. The van der Waals surface area contributed by atoms with E-state index in [1.165, 1.54) is 17.7 Å². The minimum Gasteiger partial charge on any atom is -0.494 e. The van der Waals surface area contributed by atoms with Gasteiger partial charge in [0.2, 0.25) is 0 Å². The number of carbonyl (C=O) groups excluding carboxylic acids is 2. The lowest BCUT2D eigenvalue weighted by atomic mass is 9.87. The summed E-state index contributed by atoms with van der Waals surface area (Å²) in [5, 5.41) is 3.13. The molecule has 0 aliphatic heterocycles. The fourth-order valence-corrected chi connectivity index (χ4v) is 3.21. The zero-order valence-electron chi connectivity index (χ0n) is 19.4. The van der Waals surface area contributed by atoms with Gasteiger partial charge in [0.1, 0.15) is 22.6 Å². The van der Waals surface area contributed by atoms with Crippen molar-refractivity contribution in [2.75, 3.05) is 13.2 Å². The average Bonchev–Trinajstić information content (AvgIpc) is 2.76. The van der Waals surface area contributed by atoms with Crippen LogP contribution >= 0.6 is 0 Å². The van der Waals surface area contributed by atoms with Gasteiger partial charge in [-0.25, -0.2) is 4.79 Å². The fraction of sp³-hybridized carbons (Fsp3) is 0.346. The van der Waals surface area contributed by atoms with Crippen LogP contribution in [0, 0.1) is 0 Å². The molecule has 174 valence electrons. The molecule has 0 radical (unpaired) electrons. The van der Waals surface area contributed by atoms with Gasteiger partial charge in [0.15, 0.2) is 0 Å². The molecule has 0 fully saturated rings. The van der Waals surface area contributed by atoms with Crippen molar-refractivity contribution in [3.8, 4) is 11.5 Å². The molecule has 0 saturated heterocycles. The maximum Gasteiger partial charge on any atom is 0.349 e. The molecule has 0 aliphatic rings. The summed E-state index contributed by atoms with van der Waals surface area (Å²) in [5.41, 5.74) is 0.733. The predicted molar refractivity (Wildman–Crippen MR) is 126 cm³/mol. The van der Waals surface area contributed by atoms with Gasteiger partial charge in [-0.2, -0.15) is 0 Å². The molecule has 1 N–H and O–H groups in total. The summed E-state index contributed by atoms with van der Waals surface area (Å²) >= 11 is 0. The number of amides is 1. The Morgan fingerprint density at radius 2 is 1.70 bits per heavy atom. The summed E-state index contributed by atoms with van der Waals surface area (Å²) in [5.74, 6) is 0.117. The smallest absolute Gasteiger partial charge is 0.349 e. The molecule has 1 aromatic heterocycles. The number of hydrogen-bond acceptors (Lipinski definition) is 6. The highest BCUT2D eigenvalue weighted by atomic mass is 16.5. The lowest BCUT2D eigenvalue weighted by molar-refractivity contribution is -0.134. The van der Waals surface area contributed by atoms with E-state index in [1.807, 2.05) is 24.3 Å². The van der Waals surface area contributed by atoms with Crippen molar-refractivity contribution in [1.82, 2.24) is 5.32 Å². The fourth-order valence-electron chi connectivity index (χ4n) is 3.21. The Bertz CT molecular complexity index is 1190. The van der Waals surface area contributed by atoms with Gasteiger partial charge in [-0.3, -0.25) is 9.59 Å². The Balaban J connectivity index is 1.52. The monoisotopic (exact) mass is 451 g/mol. The zero-order chi connectivity index (χ0) is 24.0. The molecule has 0 bridgehead atoms. The molecule has 33 heavy (non-hydrogen) atoms. The van der Waals surface area contributed by atoms with E-state index in [-0.39, 0.29) is 28.7 Å². The highest BCUT2D eigenvalue weighted by Gasteiger charge is 2.15. The van der Waals surface area contributed by atoms with E-state index in [1.54, 1.807) is 19.1 Å². The molecule has 1 amide bonds. The van der Waals surface area contributed by atoms with Crippen molar-refractivity contribution in [2.45, 2.75) is 46.0 Å². The zero-order valence-corrected chi connectivity index (χ0v) is 19.4. The second-order valence-electron chi connectivity index (χ2n) is 8.71. The molecule has 3 aromatic rings. The quantitative estimate of drug-likeness (QED) is 0.233. The van der Waals surface area contributed by atoms with Crippen molar-refractivity contribution >= 4 is 22.8 Å². The summed E-state index contributed by atoms with van der Waals surface area (Å²) in [4.78, 5) is 36.2. The molecule has 0 aliphatic carbocycles. The van der Waals surface area contributed by atoms with E-state index in [4.69, 9.17) is 13.9 Å². The normalized spacial score (nSPS) is 11.3. The Kier molecular flexibility index (Phi) is 7.53. The van der Waals surface area contributed by atoms with E-state index < -0.39 is 17.5 Å². The first-order valence-electron chi connectivity index (χ1n) is 11.0. The molecule has 7 heteroatoms. The first-order valence-corrected chi connectivity index (χ1v) is 11.0. The molecule has 0 atom stereocenters. The Labute approximate surface area is 192 Å². The van der Waals surface area contributed by atoms with Gasteiger partial charge < -0.3 is 19.2 Å². The van der Waals surface area contributed by atoms with Crippen molar-refractivity contribution in [3.05, 3.63) is 70.1 Å². The van der Waals surface area contributed by atoms with E-state index in [2.05, 4.69) is 26.1 Å². The van der Waals surface area contributed by atoms with Crippen LogP contribution in [0.1, 0.15) is 56.5 Å². The molecular formula is C26H29NO6. The molecule has 0 unspecified atom stereocenters. The molecule has 7 nitrogen and oxygen atoms in total. The van der Waals surface area contributed by atoms with Crippen LogP contribution < -0.4 is 20.4 Å². The van der Waals surface area contributed by atoms with Crippen LogP contribution in [0.4, 0.5) is 0 Å². The van der Waals surface area contributed by atoms with Crippen LogP contribution in [0.25, 0.3) is 11.0 Å². The number of hydrogen-bond donors (Lipinski definition) is 1. The molecule has 0 saturated carbocycles. The minimum absolute atomic E-state index is 0.0675. The molecule has 2 aromatic carbocycles. The van der Waals surface area contributed by atoms with Crippen molar-refractivity contribution in [1.29, 1.82) is 0 Å². The topological polar surface area (TPSA) is 94.8 Å². The van der Waals surface area contributed by atoms with E-state index in [0.717, 1.165) is 5.75 Å². The summed E-state index contributed by atoms with van der Waals surface area (Å²) in [7, 11) is 0. The highest BCUT2D eigenvalue weighted by Crippen LogP contribution is 2.24. The SMILES string of the molecule is CCNC(=O)c1cc2ccc(OC(=O)CCCOc3ccc(C(C)(C)C)cc3)cc2oc1=O. The van der Waals surface area contributed by atoms with Gasteiger partial charge in [-0.05, 0) is 54.7 Å². The Hall–Kier alpha value is -3.61. The average molecular weight is 452 g/mol. The lowest BCUT2D eigenvalue weighted by Crippen LogP contribution is -2.27. The number of nitrogens with one attached hydrogen (secondary N) is 1. The number of fused-ring (bicyclic) bond motifs is 1. The van der Waals surface area contributed by atoms with Gasteiger partial charge in [-0.1, -0.05) is 32.9 Å². The van der Waals surface area contributed by atoms with Gasteiger partial charge in [-0.15, -0.1) is 0 Å². The summed E-state index contributed by atoms with van der Waals surface area (Å²) in [6.45, 7) is 9.01. The maximum absolute atomic E-state index is 12.2. The number of carbonyl (C=O) groups is 2. The summed E-state index contributed by atoms with van der Waals surface area (Å²) < 4.78 is 16.3. The highest BCUT2D eigenvalue weighted by molar-refractivity contribution is 5.96. The lowest BCUT2D eigenvalue weighted by Gasteiger charge is -2.19. The van der Waals surface area contributed by atoms with Crippen LogP contribution in [-0.4, -0.2) is 25.0 Å². The largest absolute Gasteiger partial charge is 0.494 e. The summed E-state index contributed by atoms with van der Waals surface area (Å²) in [6.07, 6.45) is 0.677. The van der Waals surface area contributed by atoms with E-state index in [9.17, 15) is 14.4 Å². The van der Waals surface area contributed by atoms with Crippen LogP contribution in [-0.2, 0) is 10.2 Å². The third-order valence-corrected chi connectivity index (χ3v) is 5.04. The third kappa shape index (κ3) is 6.44.